The van der Waals surface area contributed by atoms with Crippen LogP contribution in [0.2, 0.25) is 0 Å². The highest BCUT2D eigenvalue weighted by molar-refractivity contribution is 5.85. The summed E-state index contributed by atoms with van der Waals surface area (Å²) < 4.78 is 0. The van der Waals surface area contributed by atoms with Gasteiger partial charge in [-0.15, -0.1) is 12.4 Å². The van der Waals surface area contributed by atoms with Crippen LogP contribution in [-0.2, 0) is 17.6 Å². The maximum absolute atomic E-state index is 12.4. The largest absolute Gasteiger partial charge is 0.342 e. The number of rotatable bonds is 3. The van der Waals surface area contributed by atoms with Gasteiger partial charge in [-0.05, 0) is 49.8 Å². The number of benzene rings is 1. The molecule has 0 saturated carbocycles. The molecule has 116 valence electrons. The van der Waals surface area contributed by atoms with E-state index in [0.717, 1.165) is 32.2 Å². The van der Waals surface area contributed by atoms with Crippen molar-refractivity contribution in [3.8, 4) is 0 Å². The number of amides is 1. The number of aryl methyl sites for hydroxylation is 1. The van der Waals surface area contributed by atoms with E-state index in [1.807, 2.05) is 11.9 Å². The van der Waals surface area contributed by atoms with E-state index in [-0.39, 0.29) is 12.4 Å². The smallest absolute Gasteiger partial charge is 0.224 e. The predicted molar refractivity (Wildman–Crippen MR) is 87.9 cm³/mol. The molecule has 1 saturated heterocycles. The molecule has 2 unspecified atom stereocenters. The van der Waals surface area contributed by atoms with Gasteiger partial charge >= 0.3 is 0 Å². The van der Waals surface area contributed by atoms with Gasteiger partial charge in [0.15, 0.2) is 0 Å². The van der Waals surface area contributed by atoms with Crippen molar-refractivity contribution in [2.75, 3.05) is 13.6 Å². The number of carbonyl (C=O) groups is 1. The Labute approximate surface area is 133 Å². The van der Waals surface area contributed by atoms with E-state index in [0.29, 0.717) is 24.4 Å². The molecule has 1 aromatic carbocycles. The van der Waals surface area contributed by atoms with Gasteiger partial charge in [0.2, 0.25) is 5.91 Å². The Morgan fingerprint density at radius 2 is 2.05 bits per heavy atom. The molecule has 21 heavy (non-hydrogen) atoms. The Bertz CT molecular complexity index is 485. The van der Waals surface area contributed by atoms with Gasteiger partial charge in [0.05, 0.1) is 0 Å². The molecule has 1 aromatic rings. The molecule has 0 aromatic heterocycles. The van der Waals surface area contributed by atoms with Gasteiger partial charge in [-0.3, -0.25) is 4.79 Å². The fourth-order valence-corrected chi connectivity index (χ4v) is 3.50. The molecule has 1 aliphatic carbocycles. The van der Waals surface area contributed by atoms with Crippen LogP contribution in [0.3, 0.4) is 0 Å². The number of hydrogen-bond acceptors (Lipinski definition) is 2. The van der Waals surface area contributed by atoms with Crippen LogP contribution < -0.4 is 5.32 Å². The summed E-state index contributed by atoms with van der Waals surface area (Å²) in [6.45, 7) is 1.07. The average Bonchev–Trinajstić information content (AvgIpc) is 2.99. The van der Waals surface area contributed by atoms with E-state index in [1.165, 1.54) is 17.5 Å². The van der Waals surface area contributed by atoms with Gasteiger partial charge in [-0.2, -0.15) is 0 Å². The lowest BCUT2D eigenvalue weighted by Crippen LogP contribution is -2.42. The van der Waals surface area contributed by atoms with Crippen molar-refractivity contribution in [2.24, 2.45) is 0 Å². The van der Waals surface area contributed by atoms with Crippen LogP contribution in [0.15, 0.2) is 24.3 Å². The second-order valence-corrected chi connectivity index (χ2v) is 6.17. The first kappa shape index (κ1) is 16.3. The number of nitrogens with zero attached hydrogens (tertiary/aromatic N) is 1. The zero-order chi connectivity index (χ0) is 13.9. The van der Waals surface area contributed by atoms with Crippen molar-refractivity contribution in [3.63, 3.8) is 0 Å². The van der Waals surface area contributed by atoms with Crippen molar-refractivity contribution >= 4 is 18.3 Å². The number of carbonyl (C=O) groups excluding carboxylic acids is 1. The van der Waals surface area contributed by atoms with Gasteiger partial charge in [-0.1, -0.05) is 24.3 Å². The van der Waals surface area contributed by atoms with Crippen molar-refractivity contribution < 1.29 is 4.79 Å². The first-order valence-corrected chi connectivity index (χ1v) is 7.80. The third kappa shape index (κ3) is 3.78. The van der Waals surface area contributed by atoms with E-state index in [1.54, 1.807) is 0 Å². The summed E-state index contributed by atoms with van der Waals surface area (Å²) in [5.41, 5.74) is 2.88. The summed E-state index contributed by atoms with van der Waals surface area (Å²) in [4.78, 5) is 14.4. The van der Waals surface area contributed by atoms with Gasteiger partial charge in [0.25, 0.3) is 0 Å². The summed E-state index contributed by atoms with van der Waals surface area (Å²) in [5.74, 6) is 0.300. The monoisotopic (exact) mass is 308 g/mol. The van der Waals surface area contributed by atoms with Crippen LogP contribution in [0.25, 0.3) is 0 Å². The summed E-state index contributed by atoms with van der Waals surface area (Å²) in [5, 5.41) is 3.41. The molecule has 2 aliphatic rings. The molecular formula is C17H25ClN2O. The summed E-state index contributed by atoms with van der Waals surface area (Å²) in [6, 6.07) is 9.42. The number of fused-ring (bicyclic) bond motifs is 1. The lowest BCUT2D eigenvalue weighted by molar-refractivity contribution is -0.132. The fraction of sp³-hybridized carbons (Fsp3) is 0.588. The summed E-state index contributed by atoms with van der Waals surface area (Å²) in [7, 11) is 1.98. The fourth-order valence-electron chi connectivity index (χ4n) is 3.50. The van der Waals surface area contributed by atoms with Crippen molar-refractivity contribution in [1.29, 1.82) is 0 Å². The third-order valence-electron chi connectivity index (χ3n) is 4.85. The van der Waals surface area contributed by atoms with Gasteiger partial charge < -0.3 is 10.2 Å². The summed E-state index contributed by atoms with van der Waals surface area (Å²) >= 11 is 0. The van der Waals surface area contributed by atoms with Crippen LogP contribution in [-0.4, -0.2) is 36.5 Å². The first-order chi connectivity index (χ1) is 9.74. The first-order valence-electron chi connectivity index (χ1n) is 7.80. The molecule has 0 spiro atoms. The van der Waals surface area contributed by atoms with Crippen molar-refractivity contribution in [3.05, 3.63) is 35.4 Å². The zero-order valence-corrected chi connectivity index (χ0v) is 13.5. The third-order valence-corrected chi connectivity index (χ3v) is 4.85. The number of halogens is 1. The number of nitrogens with one attached hydrogen (secondary N) is 1. The van der Waals surface area contributed by atoms with Crippen LogP contribution >= 0.6 is 12.4 Å². The predicted octanol–water partition coefficient (Wildman–Crippen LogP) is 2.57. The quantitative estimate of drug-likeness (QED) is 0.931. The van der Waals surface area contributed by atoms with E-state index in [4.69, 9.17) is 0 Å². The lowest BCUT2D eigenvalue weighted by Gasteiger charge is -2.33. The molecule has 2 atom stereocenters. The van der Waals surface area contributed by atoms with Crippen LogP contribution in [0.1, 0.15) is 36.8 Å². The van der Waals surface area contributed by atoms with Crippen molar-refractivity contribution in [1.82, 2.24) is 10.2 Å². The van der Waals surface area contributed by atoms with E-state index < -0.39 is 0 Å². The second kappa shape index (κ2) is 7.28. The zero-order valence-electron chi connectivity index (χ0n) is 12.7. The Balaban J connectivity index is 0.00000161. The molecule has 4 heteroatoms. The van der Waals surface area contributed by atoms with Crippen LogP contribution in [0.5, 0.6) is 0 Å². The molecule has 1 heterocycles. The molecule has 1 fully saturated rings. The molecular weight excluding hydrogens is 284 g/mol. The second-order valence-electron chi connectivity index (χ2n) is 6.17. The SMILES string of the molecule is CN(C(=O)CC1CCCN1)C1CCc2ccccc2C1.Cl. The molecule has 1 aliphatic heterocycles. The van der Waals surface area contributed by atoms with Gasteiger partial charge in [-0.25, -0.2) is 0 Å². The average molecular weight is 309 g/mol. The molecule has 1 amide bonds. The molecule has 3 rings (SSSR count). The molecule has 3 nitrogen and oxygen atoms in total. The van der Waals surface area contributed by atoms with Crippen LogP contribution in [0, 0.1) is 0 Å². The van der Waals surface area contributed by atoms with Gasteiger partial charge in [0.1, 0.15) is 0 Å². The maximum Gasteiger partial charge on any atom is 0.224 e. The Morgan fingerprint density at radius 3 is 2.76 bits per heavy atom. The number of likely N-dealkylation sites (N-methyl/N-ethyl adjacent to an activating group) is 1. The summed E-state index contributed by atoms with van der Waals surface area (Å²) in [6.07, 6.45) is 6.22. The highest BCUT2D eigenvalue weighted by Gasteiger charge is 2.27. The number of hydrogen-bond donors (Lipinski definition) is 1. The normalized spacial score (nSPS) is 24.0. The van der Waals surface area contributed by atoms with Gasteiger partial charge in [0, 0.05) is 25.6 Å². The highest BCUT2D eigenvalue weighted by atomic mass is 35.5. The highest BCUT2D eigenvalue weighted by Crippen LogP contribution is 2.24. The van der Waals surface area contributed by atoms with Crippen LogP contribution in [0.4, 0.5) is 0 Å². The van der Waals surface area contributed by atoms with E-state index in [9.17, 15) is 4.79 Å². The Hall–Kier alpha value is -1.06. The standard InChI is InChI=1S/C17H24N2O.ClH/c1-19(17(20)12-15-7-4-10-18-15)16-9-8-13-5-2-3-6-14(13)11-16;/h2-3,5-6,15-16,18H,4,7-12H2,1H3;1H. The topological polar surface area (TPSA) is 32.3 Å². The minimum absolute atomic E-state index is 0. The molecule has 0 radical (unpaired) electrons. The van der Waals surface area contributed by atoms with E-state index >= 15 is 0 Å². The Morgan fingerprint density at radius 1 is 1.29 bits per heavy atom. The lowest BCUT2D eigenvalue weighted by atomic mass is 9.87. The van der Waals surface area contributed by atoms with E-state index in [2.05, 4.69) is 29.6 Å². The Kier molecular flexibility index (Phi) is 5.65. The molecule has 0 bridgehead atoms. The molecule has 1 N–H and O–H groups in total. The van der Waals surface area contributed by atoms with Crippen molar-refractivity contribution in [2.45, 2.75) is 50.6 Å². The minimum atomic E-state index is 0. The maximum atomic E-state index is 12.4. The minimum Gasteiger partial charge on any atom is -0.342 e.